The third kappa shape index (κ3) is 3.28. The summed E-state index contributed by atoms with van der Waals surface area (Å²) in [6.45, 7) is 1.22. The lowest BCUT2D eigenvalue weighted by atomic mass is 9.85. The highest BCUT2D eigenvalue weighted by Gasteiger charge is 2.61. The third-order valence-electron chi connectivity index (χ3n) is 6.15. The standard InChI is InChI=1S/C23H26O9/c1-25-15-5-4-6-16(26-2)21(15)32-22-23(24)12-31-20(14(23)11-30-22)13-9-18-19(10-17(13)27-3)29-8-7-28-18/h4-6,9-10,14,20,22,24H,7-8,11-12H2,1-3H3/t14-,20-,22-,23-/m1/s1. The molecule has 0 aliphatic carbocycles. The van der Waals surface area contributed by atoms with Gasteiger partial charge in [0.05, 0.1) is 46.6 Å². The van der Waals surface area contributed by atoms with E-state index in [-0.39, 0.29) is 19.1 Å². The van der Waals surface area contributed by atoms with E-state index in [0.29, 0.717) is 47.7 Å². The summed E-state index contributed by atoms with van der Waals surface area (Å²) in [4.78, 5) is 0. The van der Waals surface area contributed by atoms with Gasteiger partial charge < -0.3 is 43.0 Å². The largest absolute Gasteiger partial charge is 0.496 e. The van der Waals surface area contributed by atoms with Gasteiger partial charge in [-0.15, -0.1) is 0 Å². The molecular formula is C23H26O9. The topological polar surface area (TPSA) is 94.1 Å². The highest BCUT2D eigenvalue weighted by Crippen LogP contribution is 2.52. The average molecular weight is 446 g/mol. The highest BCUT2D eigenvalue weighted by molar-refractivity contribution is 5.53. The molecule has 0 bridgehead atoms. The van der Waals surface area contributed by atoms with Crippen molar-refractivity contribution >= 4 is 0 Å². The molecule has 0 spiro atoms. The van der Waals surface area contributed by atoms with Crippen molar-refractivity contribution in [1.29, 1.82) is 0 Å². The Balaban J connectivity index is 1.44. The van der Waals surface area contributed by atoms with Gasteiger partial charge in [0.2, 0.25) is 12.0 Å². The Labute approximate surface area is 185 Å². The Morgan fingerprint density at radius 1 is 0.906 bits per heavy atom. The van der Waals surface area contributed by atoms with Crippen LogP contribution in [0.2, 0.25) is 0 Å². The van der Waals surface area contributed by atoms with Crippen molar-refractivity contribution in [3.05, 3.63) is 35.9 Å². The number of hydrogen-bond donors (Lipinski definition) is 1. The first-order valence-electron chi connectivity index (χ1n) is 10.4. The zero-order valence-electron chi connectivity index (χ0n) is 18.2. The van der Waals surface area contributed by atoms with Crippen LogP contribution >= 0.6 is 0 Å². The lowest BCUT2D eigenvalue weighted by Gasteiger charge is -2.28. The predicted molar refractivity (Wildman–Crippen MR) is 111 cm³/mol. The molecule has 0 radical (unpaired) electrons. The smallest absolute Gasteiger partial charge is 0.232 e. The van der Waals surface area contributed by atoms with Crippen LogP contribution in [0.5, 0.6) is 34.5 Å². The molecule has 3 aliphatic heterocycles. The van der Waals surface area contributed by atoms with Gasteiger partial charge in [-0.25, -0.2) is 0 Å². The first kappa shape index (κ1) is 21.0. The Morgan fingerprint density at radius 2 is 1.56 bits per heavy atom. The number of benzene rings is 2. The Bertz CT molecular complexity index is 971. The average Bonchev–Trinajstić information content (AvgIpc) is 3.33. The molecule has 0 amide bonds. The van der Waals surface area contributed by atoms with Crippen molar-refractivity contribution in [2.24, 2.45) is 5.92 Å². The van der Waals surface area contributed by atoms with Crippen molar-refractivity contribution in [2.45, 2.75) is 18.0 Å². The molecule has 0 aromatic heterocycles. The molecule has 9 heteroatoms. The molecular weight excluding hydrogens is 420 g/mol. The number of para-hydroxylation sites is 1. The van der Waals surface area contributed by atoms with Crippen molar-refractivity contribution < 1.29 is 43.0 Å². The van der Waals surface area contributed by atoms with Crippen LogP contribution in [0.3, 0.4) is 0 Å². The fourth-order valence-electron chi connectivity index (χ4n) is 4.49. The summed E-state index contributed by atoms with van der Waals surface area (Å²) in [6.07, 6.45) is -1.44. The van der Waals surface area contributed by atoms with Gasteiger partial charge in [-0.05, 0) is 18.2 Å². The first-order chi connectivity index (χ1) is 15.6. The van der Waals surface area contributed by atoms with Gasteiger partial charge in [0.15, 0.2) is 28.6 Å². The van der Waals surface area contributed by atoms with Crippen LogP contribution < -0.4 is 28.4 Å². The molecule has 32 heavy (non-hydrogen) atoms. The molecule has 0 saturated carbocycles. The summed E-state index contributed by atoms with van der Waals surface area (Å²) in [7, 11) is 4.66. The quantitative estimate of drug-likeness (QED) is 0.718. The summed E-state index contributed by atoms with van der Waals surface area (Å²) >= 11 is 0. The normalized spacial score (nSPS) is 28.2. The molecule has 0 unspecified atom stereocenters. The summed E-state index contributed by atoms with van der Waals surface area (Å²) in [5.74, 6) is 2.77. The molecule has 3 heterocycles. The van der Waals surface area contributed by atoms with E-state index in [2.05, 4.69) is 0 Å². The summed E-state index contributed by atoms with van der Waals surface area (Å²) in [6, 6.07) is 8.93. The van der Waals surface area contributed by atoms with Crippen molar-refractivity contribution in [3.8, 4) is 34.5 Å². The van der Waals surface area contributed by atoms with E-state index in [1.807, 2.05) is 6.07 Å². The number of methoxy groups -OCH3 is 3. The van der Waals surface area contributed by atoms with Crippen molar-refractivity contribution in [3.63, 3.8) is 0 Å². The second-order valence-corrected chi connectivity index (χ2v) is 7.84. The van der Waals surface area contributed by atoms with Crippen LogP contribution in [0.15, 0.2) is 30.3 Å². The monoisotopic (exact) mass is 446 g/mol. The van der Waals surface area contributed by atoms with Gasteiger partial charge in [-0.3, -0.25) is 0 Å². The van der Waals surface area contributed by atoms with Gasteiger partial charge in [0, 0.05) is 11.6 Å². The molecule has 2 saturated heterocycles. The maximum Gasteiger partial charge on any atom is 0.232 e. The highest BCUT2D eigenvalue weighted by atomic mass is 16.7. The molecule has 9 nitrogen and oxygen atoms in total. The molecule has 3 aliphatic rings. The first-order valence-corrected chi connectivity index (χ1v) is 10.4. The summed E-state index contributed by atoms with van der Waals surface area (Å²) in [5, 5.41) is 11.6. The lowest BCUT2D eigenvalue weighted by Crippen LogP contribution is -2.47. The zero-order valence-corrected chi connectivity index (χ0v) is 18.2. The van der Waals surface area contributed by atoms with E-state index in [9.17, 15) is 5.11 Å². The van der Waals surface area contributed by atoms with Gasteiger partial charge in [0.25, 0.3) is 0 Å². The van der Waals surface area contributed by atoms with E-state index in [0.717, 1.165) is 5.56 Å². The van der Waals surface area contributed by atoms with Gasteiger partial charge >= 0.3 is 0 Å². The molecule has 4 atom stereocenters. The van der Waals surface area contributed by atoms with Crippen LogP contribution in [0.1, 0.15) is 11.7 Å². The maximum absolute atomic E-state index is 11.6. The van der Waals surface area contributed by atoms with E-state index in [4.69, 9.17) is 37.9 Å². The summed E-state index contributed by atoms with van der Waals surface area (Å²) in [5.41, 5.74) is -0.619. The second kappa shape index (κ2) is 8.23. The van der Waals surface area contributed by atoms with Crippen molar-refractivity contribution in [2.75, 3.05) is 47.8 Å². The molecule has 2 aromatic carbocycles. The van der Waals surface area contributed by atoms with Crippen LogP contribution in [0.4, 0.5) is 0 Å². The maximum atomic E-state index is 11.6. The van der Waals surface area contributed by atoms with E-state index < -0.39 is 18.0 Å². The fourth-order valence-corrected chi connectivity index (χ4v) is 4.49. The number of fused-ring (bicyclic) bond motifs is 2. The number of ether oxygens (including phenoxy) is 8. The number of hydrogen-bond acceptors (Lipinski definition) is 9. The van der Waals surface area contributed by atoms with Gasteiger partial charge in [-0.2, -0.15) is 0 Å². The zero-order chi connectivity index (χ0) is 22.3. The van der Waals surface area contributed by atoms with Crippen LogP contribution in [0.25, 0.3) is 0 Å². The second-order valence-electron chi connectivity index (χ2n) is 7.84. The fraction of sp³-hybridized carbons (Fsp3) is 0.478. The Morgan fingerprint density at radius 3 is 2.22 bits per heavy atom. The van der Waals surface area contributed by atoms with Crippen LogP contribution in [0, 0.1) is 5.92 Å². The minimum atomic E-state index is -1.38. The molecule has 2 aromatic rings. The van der Waals surface area contributed by atoms with E-state index in [1.54, 1.807) is 31.4 Å². The Hall–Kier alpha value is -2.88. The predicted octanol–water partition coefficient (Wildman–Crippen LogP) is 2.34. The third-order valence-corrected chi connectivity index (χ3v) is 6.15. The van der Waals surface area contributed by atoms with E-state index in [1.165, 1.54) is 14.2 Å². The van der Waals surface area contributed by atoms with Gasteiger partial charge in [-0.1, -0.05) is 6.07 Å². The Kier molecular flexibility index (Phi) is 5.40. The molecule has 2 fully saturated rings. The van der Waals surface area contributed by atoms with E-state index >= 15 is 0 Å². The minimum Gasteiger partial charge on any atom is -0.496 e. The number of aliphatic hydroxyl groups is 1. The lowest BCUT2D eigenvalue weighted by molar-refractivity contribution is -0.153. The minimum absolute atomic E-state index is 0.0298. The summed E-state index contributed by atoms with van der Waals surface area (Å²) < 4.78 is 45.8. The number of rotatable bonds is 6. The molecule has 5 rings (SSSR count). The van der Waals surface area contributed by atoms with Crippen molar-refractivity contribution in [1.82, 2.24) is 0 Å². The van der Waals surface area contributed by atoms with Crippen LogP contribution in [-0.2, 0) is 9.47 Å². The molecule has 172 valence electrons. The SMILES string of the molecule is COc1cc2c(cc1[C@H]1OC[C@]3(O)[C@@H](Oc4c(OC)cccc4OC)OC[C@H]13)OCCO2. The van der Waals surface area contributed by atoms with Gasteiger partial charge in [0.1, 0.15) is 19.0 Å². The van der Waals surface area contributed by atoms with Crippen LogP contribution in [-0.4, -0.2) is 64.8 Å². The molecule has 1 N–H and O–H groups in total.